The van der Waals surface area contributed by atoms with Gasteiger partial charge in [-0.25, -0.2) is 0 Å². The van der Waals surface area contributed by atoms with E-state index < -0.39 is 0 Å². The first-order valence-corrected chi connectivity index (χ1v) is 3.95. The van der Waals surface area contributed by atoms with Gasteiger partial charge in [0.05, 0.1) is 10.9 Å². The average Bonchev–Trinajstić information content (AvgIpc) is 2.31. The summed E-state index contributed by atoms with van der Waals surface area (Å²) in [7, 11) is 0. The molecule has 0 fully saturated rings. The van der Waals surface area contributed by atoms with Crippen LogP contribution in [0, 0.1) is 0 Å². The van der Waals surface area contributed by atoms with Crippen molar-refractivity contribution in [1.29, 1.82) is 0 Å². The molecule has 54 valence electrons. The van der Waals surface area contributed by atoms with Crippen LogP contribution in [0.25, 0.3) is 0 Å². The maximum atomic E-state index is 5.68. The van der Waals surface area contributed by atoms with E-state index in [4.69, 9.17) is 11.6 Å². The Morgan fingerprint density at radius 1 is 1.70 bits per heavy atom. The zero-order chi connectivity index (χ0) is 7.40. The van der Waals surface area contributed by atoms with Gasteiger partial charge in [0.2, 0.25) is 0 Å². The monoisotopic (exact) mass is 174 g/mol. The second kappa shape index (κ2) is 3.58. The molecule has 1 aromatic rings. The molecule has 0 radical (unpaired) electrons. The van der Waals surface area contributed by atoms with Crippen molar-refractivity contribution in [2.24, 2.45) is 5.10 Å². The fraction of sp³-hybridized carbons (Fsp3) is 0.167. The molecule has 0 amide bonds. The smallest absolute Gasteiger partial charge is 0.0931 e. The van der Waals surface area contributed by atoms with Crippen LogP contribution in [-0.4, -0.2) is 6.72 Å². The molecule has 1 rings (SSSR count). The van der Waals surface area contributed by atoms with Crippen LogP contribution in [0.3, 0.4) is 0 Å². The Kier molecular flexibility index (Phi) is 2.71. The lowest BCUT2D eigenvalue weighted by atomic mass is 10.5. The first-order chi connectivity index (χ1) is 4.83. The van der Waals surface area contributed by atoms with Crippen LogP contribution in [0.5, 0.6) is 0 Å². The van der Waals surface area contributed by atoms with Crippen LogP contribution < -0.4 is 5.43 Å². The third-order valence-electron chi connectivity index (χ3n) is 0.994. The summed E-state index contributed by atoms with van der Waals surface area (Å²) in [5.41, 5.74) is 2.74. The van der Waals surface area contributed by atoms with Gasteiger partial charge in [-0.1, -0.05) is 11.6 Å². The lowest BCUT2D eigenvalue weighted by Crippen LogP contribution is -2.01. The minimum Gasteiger partial charge on any atom is -0.305 e. The second-order valence-corrected chi connectivity index (χ2v) is 3.50. The van der Waals surface area contributed by atoms with Crippen LogP contribution in [0.4, 0.5) is 0 Å². The first kappa shape index (κ1) is 7.57. The predicted octanol–water partition coefficient (Wildman–Crippen LogP) is 2.11. The quantitative estimate of drug-likeness (QED) is 0.551. The second-order valence-electron chi connectivity index (χ2n) is 1.70. The third-order valence-corrected chi connectivity index (χ3v) is 2.23. The topological polar surface area (TPSA) is 24.4 Å². The van der Waals surface area contributed by atoms with Crippen LogP contribution in [0.1, 0.15) is 4.88 Å². The predicted molar refractivity (Wildman–Crippen MR) is 45.7 cm³/mol. The van der Waals surface area contributed by atoms with E-state index in [0.29, 0.717) is 6.54 Å². The molecule has 0 aliphatic heterocycles. The number of hydrazone groups is 1. The average molecular weight is 175 g/mol. The van der Waals surface area contributed by atoms with Gasteiger partial charge in [-0.3, -0.25) is 0 Å². The highest BCUT2D eigenvalue weighted by Gasteiger charge is 1.94. The molecule has 1 heterocycles. The minimum absolute atomic E-state index is 0.709. The minimum atomic E-state index is 0.709. The Morgan fingerprint density at radius 2 is 2.50 bits per heavy atom. The number of thiophene rings is 1. The van der Waals surface area contributed by atoms with Crippen molar-refractivity contribution < 1.29 is 0 Å². The van der Waals surface area contributed by atoms with E-state index in [1.54, 1.807) is 11.3 Å². The fourth-order valence-corrected chi connectivity index (χ4v) is 1.60. The van der Waals surface area contributed by atoms with Crippen molar-refractivity contribution >= 4 is 29.7 Å². The van der Waals surface area contributed by atoms with E-state index in [0.717, 1.165) is 9.21 Å². The molecule has 0 saturated carbocycles. The standard InChI is InChI=1S/C6H7ClN2S/c1-8-9-4-5-2-3-6(7)10-5/h2-3,9H,1,4H2. The van der Waals surface area contributed by atoms with E-state index >= 15 is 0 Å². The molecule has 0 aliphatic rings. The molecule has 0 bridgehead atoms. The van der Waals surface area contributed by atoms with Gasteiger partial charge in [-0.2, -0.15) is 5.10 Å². The first-order valence-electron chi connectivity index (χ1n) is 2.75. The van der Waals surface area contributed by atoms with Gasteiger partial charge in [-0.05, 0) is 12.1 Å². The van der Waals surface area contributed by atoms with Crippen molar-refractivity contribution in [3.63, 3.8) is 0 Å². The molecule has 0 spiro atoms. The van der Waals surface area contributed by atoms with E-state index in [2.05, 4.69) is 17.2 Å². The lowest BCUT2D eigenvalue weighted by Gasteiger charge is -1.92. The highest BCUT2D eigenvalue weighted by atomic mass is 35.5. The molecular weight excluding hydrogens is 168 g/mol. The zero-order valence-electron chi connectivity index (χ0n) is 5.30. The number of nitrogens with one attached hydrogen (secondary N) is 1. The molecule has 2 nitrogen and oxygen atoms in total. The molecule has 0 saturated heterocycles. The Hall–Kier alpha value is -0.540. The molecule has 4 heteroatoms. The molecule has 10 heavy (non-hydrogen) atoms. The number of hydrogen-bond acceptors (Lipinski definition) is 3. The Labute approximate surface area is 68.5 Å². The molecule has 1 aromatic heterocycles. The Bertz CT molecular complexity index is 221. The van der Waals surface area contributed by atoms with Crippen LogP contribution in [0.2, 0.25) is 4.34 Å². The summed E-state index contributed by atoms with van der Waals surface area (Å²) in [6, 6.07) is 3.83. The molecule has 1 N–H and O–H groups in total. The van der Waals surface area contributed by atoms with Crippen LogP contribution >= 0.6 is 22.9 Å². The summed E-state index contributed by atoms with van der Waals surface area (Å²) in [5.74, 6) is 0. The van der Waals surface area contributed by atoms with E-state index in [9.17, 15) is 0 Å². The zero-order valence-corrected chi connectivity index (χ0v) is 6.87. The largest absolute Gasteiger partial charge is 0.305 e. The van der Waals surface area contributed by atoms with Gasteiger partial charge in [-0.15, -0.1) is 11.3 Å². The number of nitrogens with zero attached hydrogens (tertiary/aromatic N) is 1. The van der Waals surface area contributed by atoms with Gasteiger partial charge < -0.3 is 5.43 Å². The third kappa shape index (κ3) is 2.01. The van der Waals surface area contributed by atoms with Gasteiger partial charge in [0.25, 0.3) is 0 Å². The van der Waals surface area contributed by atoms with E-state index in [1.165, 1.54) is 0 Å². The highest BCUT2D eigenvalue weighted by Crippen LogP contribution is 2.20. The van der Waals surface area contributed by atoms with Crippen LogP contribution in [0.15, 0.2) is 17.2 Å². The van der Waals surface area contributed by atoms with Crippen molar-refractivity contribution in [3.8, 4) is 0 Å². The maximum absolute atomic E-state index is 5.68. The molecular formula is C6H7ClN2S. The number of hydrogen-bond donors (Lipinski definition) is 1. The normalized spacial score (nSPS) is 9.30. The van der Waals surface area contributed by atoms with Gasteiger partial charge in [0.1, 0.15) is 0 Å². The van der Waals surface area contributed by atoms with Gasteiger partial charge >= 0.3 is 0 Å². The molecule has 0 aliphatic carbocycles. The fourth-order valence-electron chi connectivity index (χ4n) is 0.581. The van der Waals surface area contributed by atoms with E-state index in [1.807, 2.05) is 12.1 Å². The summed E-state index contributed by atoms with van der Waals surface area (Å²) in [6.07, 6.45) is 0. The van der Waals surface area contributed by atoms with Crippen molar-refractivity contribution in [2.45, 2.75) is 6.54 Å². The summed E-state index contributed by atoms with van der Waals surface area (Å²) in [4.78, 5) is 1.16. The summed E-state index contributed by atoms with van der Waals surface area (Å²) >= 11 is 7.23. The lowest BCUT2D eigenvalue weighted by molar-refractivity contribution is 0.761. The summed E-state index contributed by atoms with van der Waals surface area (Å²) < 4.78 is 0.806. The SMILES string of the molecule is C=NNCc1ccc(Cl)s1. The van der Waals surface area contributed by atoms with E-state index in [-0.39, 0.29) is 0 Å². The molecule has 0 atom stereocenters. The number of halogens is 1. The maximum Gasteiger partial charge on any atom is 0.0931 e. The van der Waals surface area contributed by atoms with Gasteiger partial charge in [0, 0.05) is 11.6 Å². The number of rotatable bonds is 3. The van der Waals surface area contributed by atoms with Crippen LogP contribution in [-0.2, 0) is 6.54 Å². The summed E-state index contributed by atoms with van der Waals surface area (Å²) in [6.45, 7) is 4.00. The Balaban J connectivity index is 2.49. The summed E-state index contributed by atoms with van der Waals surface area (Å²) in [5, 5.41) is 3.50. The Morgan fingerprint density at radius 3 is 3.00 bits per heavy atom. The highest BCUT2D eigenvalue weighted by molar-refractivity contribution is 7.16. The molecule has 0 unspecified atom stereocenters. The van der Waals surface area contributed by atoms with Gasteiger partial charge in [0.15, 0.2) is 0 Å². The van der Waals surface area contributed by atoms with Crippen molar-refractivity contribution in [3.05, 3.63) is 21.3 Å². The molecule has 0 aromatic carbocycles. The van der Waals surface area contributed by atoms with Crippen molar-refractivity contribution in [1.82, 2.24) is 5.43 Å². The van der Waals surface area contributed by atoms with Crippen molar-refractivity contribution in [2.75, 3.05) is 0 Å².